The Hall–Kier alpha value is -2.31. The highest BCUT2D eigenvalue weighted by Crippen LogP contribution is 2.19. The van der Waals surface area contributed by atoms with E-state index in [4.69, 9.17) is 9.15 Å². The number of hydrogen-bond donors (Lipinski definition) is 3. The minimum absolute atomic E-state index is 0.128. The van der Waals surface area contributed by atoms with Crippen LogP contribution in [0, 0.1) is 13.8 Å². The maximum Gasteiger partial charge on any atom is 0.315 e. The van der Waals surface area contributed by atoms with Crippen molar-refractivity contribution < 1.29 is 19.1 Å². The number of methoxy groups -OCH3 is 1. The molecule has 2 aromatic rings. The number of aliphatic hydroxyl groups excluding tert-OH is 1. The molecule has 0 aliphatic carbocycles. The van der Waals surface area contributed by atoms with Crippen LogP contribution in [-0.4, -0.2) is 31.4 Å². The molecular formula is C19H26N2O4. The van der Waals surface area contributed by atoms with Crippen LogP contribution in [0.2, 0.25) is 0 Å². The van der Waals surface area contributed by atoms with Crippen LogP contribution < -0.4 is 10.6 Å². The van der Waals surface area contributed by atoms with E-state index in [0.717, 1.165) is 16.9 Å². The molecule has 0 saturated heterocycles. The Morgan fingerprint density at radius 1 is 1.28 bits per heavy atom. The third kappa shape index (κ3) is 5.92. The summed E-state index contributed by atoms with van der Waals surface area (Å²) in [7, 11) is 1.61. The minimum Gasteiger partial charge on any atom is -0.464 e. The third-order valence-electron chi connectivity index (χ3n) is 3.90. The van der Waals surface area contributed by atoms with Crippen LogP contribution in [0.3, 0.4) is 0 Å². The first-order valence-corrected chi connectivity index (χ1v) is 8.34. The zero-order valence-corrected chi connectivity index (χ0v) is 14.9. The maximum atomic E-state index is 12.2. The lowest BCUT2D eigenvalue weighted by Gasteiger charge is -2.18. The Labute approximate surface area is 148 Å². The van der Waals surface area contributed by atoms with E-state index in [9.17, 15) is 9.90 Å². The molecule has 25 heavy (non-hydrogen) atoms. The molecule has 0 bridgehead atoms. The van der Waals surface area contributed by atoms with Crippen LogP contribution in [0.1, 0.15) is 41.2 Å². The molecule has 2 unspecified atom stereocenters. The van der Waals surface area contributed by atoms with Gasteiger partial charge in [-0.15, -0.1) is 0 Å². The van der Waals surface area contributed by atoms with E-state index in [1.54, 1.807) is 7.11 Å². The average Bonchev–Trinajstić information content (AvgIpc) is 3.02. The molecule has 2 rings (SSSR count). The van der Waals surface area contributed by atoms with Gasteiger partial charge in [0.25, 0.3) is 0 Å². The lowest BCUT2D eigenvalue weighted by atomic mass is 10.1. The molecule has 0 aliphatic heterocycles. The molecule has 6 heteroatoms. The van der Waals surface area contributed by atoms with Crippen molar-refractivity contribution in [2.45, 2.75) is 32.4 Å². The van der Waals surface area contributed by atoms with Crippen molar-refractivity contribution >= 4 is 6.03 Å². The van der Waals surface area contributed by atoms with Gasteiger partial charge in [0.15, 0.2) is 0 Å². The molecule has 0 radical (unpaired) electrons. The second-order valence-corrected chi connectivity index (χ2v) is 6.07. The summed E-state index contributed by atoms with van der Waals surface area (Å²) in [4.78, 5) is 12.2. The van der Waals surface area contributed by atoms with Gasteiger partial charge in [0, 0.05) is 20.3 Å². The number of benzene rings is 1. The minimum atomic E-state index is -0.756. The van der Waals surface area contributed by atoms with E-state index in [-0.39, 0.29) is 18.6 Å². The van der Waals surface area contributed by atoms with Crippen LogP contribution in [0.25, 0.3) is 0 Å². The highest BCUT2D eigenvalue weighted by molar-refractivity contribution is 5.74. The Morgan fingerprint density at radius 2 is 2.08 bits per heavy atom. The molecule has 2 amide bonds. The van der Waals surface area contributed by atoms with E-state index in [0.29, 0.717) is 18.8 Å². The number of ether oxygens (including phenoxy) is 1. The third-order valence-corrected chi connectivity index (χ3v) is 3.90. The lowest BCUT2D eigenvalue weighted by Crippen LogP contribution is -2.40. The predicted octanol–water partition coefficient (Wildman–Crippen LogP) is 3.01. The number of carbonyl (C=O) groups excluding carboxylic acids is 1. The van der Waals surface area contributed by atoms with Gasteiger partial charge in [-0.1, -0.05) is 29.8 Å². The molecule has 0 fully saturated rings. The Kier molecular flexibility index (Phi) is 7.03. The highest BCUT2D eigenvalue weighted by atomic mass is 16.5. The second-order valence-electron chi connectivity index (χ2n) is 6.07. The summed E-state index contributed by atoms with van der Waals surface area (Å²) >= 11 is 0. The molecule has 1 aromatic heterocycles. The van der Waals surface area contributed by atoms with Crippen molar-refractivity contribution in [3.8, 4) is 0 Å². The summed E-state index contributed by atoms with van der Waals surface area (Å²) in [5, 5.41) is 15.8. The Morgan fingerprint density at radius 3 is 2.72 bits per heavy atom. The first-order valence-electron chi connectivity index (χ1n) is 8.34. The van der Waals surface area contributed by atoms with E-state index < -0.39 is 6.10 Å². The average molecular weight is 346 g/mol. The van der Waals surface area contributed by atoms with Gasteiger partial charge in [-0.2, -0.15) is 0 Å². The number of urea groups is 1. The van der Waals surface area contributed by atoms with Crippen LogP contribution in [0.5, 0.6) is 0 Å². The normalized spacial score (nSPS) is 13.3. The summed E-state index contributed by atoms with van der Waals surface area (Å²) in [5.41, 5.74) is 1.84. The number of carbonyl (C=O) groups is 1. The van der Waals surface area contributed by atoms with E-state index in [2.05, 4.69) is 10.6 Å². The summed E-state index contributed by atoms with van der Waals surface area (Å²) in [6, 6.07) is 10.6. The zero-order chi connectivity index (χ0) is 18.2. The van der Waals surface area contributed by atoms with E-state index in [1.807, 2.05) is 50.2 Å². The SMILES string of the molecule is COCCC(NC(=O)NCC(O)c1cccc(C)c1)c1ccc(C)o1. The second kappa shape index (κ2) is 9.25. The molecule has 2 atom stereocenters. The van der Waals surface area contributed by atoms with E-state index >= 15 is 0 Å². The summed E-state index contributed by atoms with van der Waals surface area (Å²) < 4.78 is 10.7. The van der Waals surface area contributed by atoms with Gasteiger partial charge in [0.2, 0.25) is 0 Å². The maximum absolute atomic E-state index is 12.2. The van der Waals surface area contributed by atoms with Crippen LogP contribution in [0.4, 0.5) is 4.79 Å². The molecule has 3 N–H and O–H groups in total. The fourth-order valence-corrected chi connectivity index (χ4v) is 2.56. The van der Waals surface area contributed by atoms with Gasteiger partial charge in [-0.3, -0.25) is 0 Å². The van der Waals surface area contributed by atoms with Crippen LogP contribution >= 0.6 is 0 Å². The number of rotatable bonds is 8. The largest absolute Gasteiger partial charge is 0.464 e. The molecule has 1 heterocycles. The summed E-state index contributed by atoms with van der Waals surface area (Å²) in [6.45, 7) is 4.44. The number of amides is 2. The molecule has 136 valence electrons. The quantitative estimate of drug-likeness (QED) is 0.686. The topological polar surface area (TPSA) is 83.7 Å². The van der Waals surface area contributed by atoms with Crippen molar-refractivity contribution in [1.82, 2.24) is 10.6 Å². The molecule has 6 nitrogen and oxygen atoms in total. The number of aryl methyl sites for hydroxylation is 2. The Bertz CT molecular complexity index is 684. The van der Waals surface area contributed by atoms with Gasteiger partial charge in [-0.05, 0) is 38.0 Å². The first-order chi connectivity index (χ1) is 12.0. The Balaban J connectivity index is 1.90. The smallest absolute Gasteiger partial charge is 0.315 e. The fraction of sp³-hybridized carbons (Fsp3) is 0.421. The molecule has 0 aliphatic rings. The van der Waals surface area contributed by atoms with Crippen LogP contribution in [0.15, 0.2) is 40.8 Å². The van der Waals surface area contributed by atoms with Gasteiger partial charge in [0.1, 0.15) is 11.5 Å². The monoisotopic (exact) mass is 346 g/mol. The molecule has 1 aromatic carbocycles. The summed E-state index contributed by atoms with van der Waals surface area (Å²) in [5.74, 6) is 1.47. The van der Waals surface area contributed by atoms with Crippen molar-refractivity contribution in [3.05, 3.63) is 59.0 Å². The van der Waals surface area contributed by atoms with Gasteiger partial charge in [0.05, 0.1) is 12.1 Å². The molecule has 0 saturated carbocycles. The van der Waals surface area contributed by atoms with Crippen molar-refractivity contribution in [3.63, 3.8) is 0 Å². The van der Waals surface area contributed by atoms with Crippen molar-refractivity contribution in [2.24, 2.45) is 0 Å². The standard InChI is InChI=1S/C19H26N2O4/c1-13-5-4-6-15(11-13)17(22)12-20-19(23)21-16(9-10-24-3)18-8-7-14(2)25-18/h4-8,11,16-17,22H,9-10,12H2,1-3H3,(H2,20,21,23). The van der Waals surface area contributed by atoms with Gasteiger partial charge < -0.3 is 24.9 Å². The number of aliphatic hydroxyl groups is 1. The zero-order valence-electron chi connectivity index (χ0n) is 14.9. The predicted molar refractivity (Wildman–Crippen MR) is 95.4 cm³/mol. The number of nitrogens with one attached hydrogen (secondary N) is 2. The highest BCUT2D eigenvalue weighted by Gasteiger charge is 2.18. The van der Waals surface area contributed by atoms with Crippen molar-refractivity contribution in [1.29, 1.82) is 0 Å². The number of furan rings is 1. The fourth-order valence-electron chi connectivity index (χ4n) is 2.56. The van der Waals surface area contributed by atoms with Crippen molar-refractivity contribution in [2.75, 3.05) is 20.3 Å². The summed E-state index contributed by atoms with van der Waals surface area (Å²) in [6.07, 6.45) is -0.161. The van der Waals surface area contributed by atoms with E-state index in [1.165, 1.54) is 0 Å². The lowest BCUT2D eigenvalue weighted by molar-refractivity contribution is 0.167. The molecule has 0 spiro atoms. The van der Waals surface area contributed by atoms with Gasteiger partial charge >= 0.3 is 6.03 Å². The number of hydrogen-bond acceptors (Lipinski definition) is 4. The molecular weight excluding hydrogens is 320 g/mol. The van der Waals surface area contributed by atoms with Gasteiger partial charge in [-0.25, -0.2) is 4.79 Å². The first kappa shape index (κ1) is 19.0. The van der Waals surface area contributed by atoms with Crippen LogP contribution in [-0.2, 0) is 4.74 Å².